The Morgan fingerprint density at radius 1 is 0.966 bits per heavy atom. The SMILES string of the molecule is CC[C@H]1CN(CCc2ccc(N3CCC(=O)NC3=O)cc2)CCN1c1ccc(Nc2cc(-c3ccc([C@@H](C)NC(=O)c4nc(C(C)(C)C)no4)c(C)c3)ncn2)nc1. The van der Waals surface area contributed by atoms with Crippen molar-refractivity contribution in [3.05, 3.63) is 102 Å². The number of hydrogen-bond donors (Lipinski definition) is 3. The van der Waals surface area contributed by atoms with Crippen LogP contribution in [0.2, 0.25) is 0 Å². The van der Waals surface area contributed by atoms with Gasteiger partial charge in [-0.3, -0.25) is 24.7 Å². The van der Waals surface area contributed by atoms with E-state index in [1.807, 2.05) is 83.3 Å². The van der Waals surface area contributed by atoms with Gasteiger partial charge in [-0.15, -0.1) is 0 Å². The number of amides is 4. The van der Waals surface area contributed by atoms with Gasteiger partial charge in [0.05, 0.1) is 23.6 Å². The minimum atomic E-state index is -0.417. The van der Waals surface area contributed by atoms with Crippen LogP contribution in [0.15, 0.2) is 77.7 Å². The van der Waals surface area contributed by atoms with Crippen molar-refractivity contribution in [2.45, 2.75) is 78.3 Å². The first-order valence-electron chi connectivity index (χ1n) is 19.8. The summed E-state index contributed by atoms with van der Waals surface area (Å²) in [5, 5.41) is 12.6. The topological polar surface area (TPSA) is 175 Å². The zero-order valence-corrected chi connectivity index (χ0v) is 34.0. The van der Waals surface area contributed by atoms with E-state index >= 15 is 0 Å². The third-order valence-corrected chi connectivity index (χ3v) is 10.7. The molecular weight excluding hydrogens is 735 g/mol. The van der Waals surface area contributed by atoms with Crippen molar-refractivity contribution in [1.82, 2.24) is 40.6 Å². The second-order valence-electron chi connectivity index (χ2n) is 16.0. The molecule has 0 bridgehead atoms. The van der Waals surface area contributed by atoms with Gasteiger partial charge in [-0.05, 0) is 73.7 Å². The Balaban J connectivity index is 0.914. The molecule has 302 valence electrons. The van der Waals surface area contributed by atoms with E-state index in [2.05, 4.69) is 71.0 Å². The molecular formula is C43H51N11O4. The van der Waals surface area contributed by atoms with E-state index in [0.29, 0.717) is 36.5 Å². The normalized spacial score (nSPS) is 16.9. The molecule has 2 atom stereocenters. The van der Waals surface area contributed by atoms with E-state index in [9.17, 15) is 14.4 Å². The molecule has 0 aliphatic carbocycles. The molecule has 15 heteroatoms. The Morgan fingerprint density at radius 2 is 1.76 bits per heavy atom. The Hall–Kier alpha value is -6.22. The highest BCUT2D eigenvalue weighted by molar-refractivity contribution is 6.05. The van der Waals surface area contributed by atoms with Crippen LogP contribution in [0.25, 0.3) is 11.3 Å². The summed E-state index contributed by atoms with van der Waals surface area (Å²) in [6, 6.07) is 19.8. The van der Waals surface area contributed by atoms with Crippen molar-refractivity contribution in [2.24, 2.45) is 0 Å². The number of urea groups is 1. The molecule has 0 radical (unpaired) electrons. The molecule has 0 spiro atoms. The summed E-state index contributed by atoms with van der Waals surface area (Å²) in [5.74, 6) is 1.10. The lowest BCUT2D eigenvalue weighted by molar-refractivity contribution is -0.120. The lowest BCUT2D eigenvalue weighted by Crippen LogP contribution is -2.53. The molecule has 3 N–H and O–H groups in total. The maximum Gasteiger partial charge on any atom is 0.328 e. The van der Waals surface area contributed by atoms with Gasteiger partial charge in [0.25, 0.3) is 0 Å². The molecule has 0 saturated carbocycles. The zero-order valence-electron chi connectivity index (χ0n) is 34.0. The number of aryl methyl sites for hydroxylation is 1. The van der Waals surface area contributed by atoms with Crippen LogP contribution in [0.3, 0.4) is 0 Å². The summed E-state index contributed by atoms with van der Waals surface area (Å²) in [6.07, 6.45) is 5.70. The van der Waals surface area contributed by atoms with Crippen molar-refractivity contribution in [1.29, 1.82) is 0 Å². The number of hydrogen-bond acceptors (Lipinski definition) is 12. The second kappa shape index (κ2) is 17.1. The molecule has 2 aliphatic heterocycles. The van der Waals surface area contributed by atoms with E-state index in [1.165, 1.54) is 11.9 Å². The lowest BCUT2D eigenvalue weighted by atomic mass is 9.96. The predicted molar refractivity (Wildman–Crippen MR) is 222 cm³/mol. The van der Waals surface area contributed by atoms with Crippen LogP contribution in [0.5, 0.6) is 0 Å². The number of carbonyl (C=O) groups is 3. The molecule has 58 heavy (non-hydrogen) atoms. The third kappa shape index (κ3) is 9.31. The molecule has 5 heterocycles. The number of nitrogens with one attached hydrogen (secondary N) is 3. The number of aromatic nitrogens is 5. The number of carbonyl (C=O) groups excluding carboxylic acids is 3. The zero-order chi connectivity index (χ0) is 41.0. The second-order valence-corrected chi connectivity index (χ2v) is 16.0. The molecule has 5 aromatic rings. The highest BCUT2D eigenvalue weighted by atomic mass is 16.5. The number of piperazine rings is 1. The van der Waals surface area contributed by atoms with Gasteiger partial charge >= 0.3 is 17.8 Å². The van der Waals surface area contributed by atoms with Gasteiger partial charge in [-0.1, -0.05) is 57.1 Å². The number of benzene rings is 2. The van der Waals surface area contributed by atoms with Crippen molar-refractivity contribution < 1.29 is 18.9 Å². The molecule has 4 amide bonds. The highest BCUT2D eigenvalue weighted by Gasteiger charge is 2.28. The average Bonchev–Trinajstić information content (AvgIpc) is 3.73. The minimum Gasteiger partial charge on any atom is -0.365 e. The van der Waals surface area contributed by atoms with Gasteiger partial charge in [0.2, 0.25) is 5.91 Å². The van der Waals surface area contributed by atoms with E-state index in [4.69, 9.17) is 9.51 Å². The average molecular weight is 786 g/mol. The highest BCUT2D eigenvalue weighted by Crippen LogP contribution is 2.28. The van der Waals surface area contributed by atoms with E-state index in [1.54, 1.807) is 4.90 Å². The van der Waals surface area contributed by atoms with Crippen LogP contribution in [-0.2, 0) is 16.6 Å². The van der Waals surface area contributed by atoms with E-state index < -0.39 is 5.91 Å². The Morgan fingerprint density at radius 3 is 2.45 bits per heavy atom. The van der Waals surface area contributed by atoms with Crippen molar-refractivity contribution in [3.8, 4) is 11.3 Å². The van der Waals surface area contributed by atoms with Gasteiger partial charge in [-0.25, -0.2) is 19.7 Å². The molecule has 2 aromatic carbocycles. The van der Waals surface area contributed by atoms with Crippen LogP contribution in [0, 0.1) is 6.92 Å². The van der Waals surface area contributed by atoms with Crippen molar-refractivity contribution in [3.63, 3.8) is 0 Å². The Kier molecular flexibility index (Phi) is 11.8. The monoisotopic (exact) mass is 785 g/mol. The first-order valence-corrected chi connectivity index (χ1v) is 19.8. The van der Waals surface area contributed by atoms with Crippen LogP contribution >= 0.6 is 0 Å². The standard InChI is InChI=1S/C43H51N11O4/c1-7-31-25-52(18-16-29-8-11-32(12-9-29)54-19-17-38(55)49-42(54)57)20-21-53(31)33-13-15-36(44-24-33)48-37-23-35(45-26-46-37)30-10-14-34(27(2)22-30)28(3)47-39(56)40-50-41(51-58-40)43(4,5)6/h8-15,22-24,26,28,31H,7,16-21,25H2,1-6H3,(H,47,56)(H,49,55,57)(H,44,45,46,48)/t28-,31+/m1/s1. The number of nitrogens with zero attached hydrogens (tertiary/aromatic N) is 8. The van der Waals surface area contributed by atoms with Gasteiger partial charge < -0.3 is 20.1 Å². The fourth-order valence-corrected chi connectivity index (χ4v) is 7.37. The fraction of sp³-hybridized carbons (Fsp3) is 0.395. The van der Waals surface area contributed by atoms with Gasteiger partial charge in [0, 0.05) is 67.9 Å². The fourth-order valence-electron chi connectivity index (χ4n) is 7.37. The van der Waals surface area contributed by atoms with Crippen LogP contribution in [0.4, 0.5) is 27.8 Å². The molecule has 2 fully saturated rings. The number of anilines is 4. The Bertz CT molecular complexity index is 2250. The molecule has 15 nitrogen and oxygen atoms in total. The summed E-state index contributed by atoms with van der Waals surface area (Å²) < 4.78 is 5.22. The van der Waals surface area contributed by atoms with Crippen LogP contribution in [0.1, 0.15) is 86.7 Å². The summed E-state index contributed by atoms with van der Waals surface area (Å²) in [7, 11) is 0. The minimum absolute atomic E-state index is 0.0547. The maximum absolute atomic E-state index is 12.9. The summed E-state index contributed by atoms with van der Waals surface area (Å²) in [6.45, 7) is 16.2. The molecule has 7 rings (SSSR count). The van der Waals surface area contributed by atoms with Crippen molar-refractivity contribution >= 4 is 40.9 Å². The van der Waals surface area contributed by atoms with E-state index in [-0.39, 0.29) is 29.3 Å². The quantitative estimate of drug-likeness (QED) is 0.128. The summed E-state index contributed by atoms with van der Waals surface area (Å²) in [5.41, 5.74) is 6.43. The molecule has 0 unspecified atom stereocenters. The number of imide groups is 1. The Labute approximate surface area is 338 Å². The predicted octanol–water partition coefficient (Wildman–Crippen LogP) is 6.35. The first kappa shape index (κ1) is 40.0. The van der Waals surface area contributed by atoms with Gasteiger partial charge in [0.15, 0.2) is 5.82 Å². The first-order chi connectivity index (χ1) is 27.8. The van der Waals surface area contributed by atoms with Gasteiger partial charge in [0.1, 0.15) is 18.0 Å². The molecule has 2 aliphatic rings. The summed E-state index contributed by atoms with van der Waals surface area (Å²) in [4.78, 5) is 61.1. The molecule has 3 aromatic heterocycles. The lowest BCUT2D eigenvalue weighted by Gasteiger charge is -2.42. The summed E-state index contributed by atoms with van der Waals surface area (Å²) >= 11 is 0. The van der Waals surface area contributed by atoms with Gasteiger partial charge in [-0.2, -0.15) is 4.98 Å². The van der Waals surface area contributed by atoms with Crippen LogP contribution < -0.4 is 25.8 Å². The number of rotatable bonds is 12. The van der Waals surface area contributed by atoms with E-state index in [0.717, 1.165) is 72.8 Å². The largest absolute Gasteiger partial charge is 0.365 e. The third-order valence-electron chi connectivity index (χ3n) is 10.7. The smallest absolute Gasteiger partial charge is 0.328 e. The van der Waals surface area contributed by atoms with Crippen molar-refractivity contribution in [2.75, 3.05) is 47.8 Å². The number of pyridine rings is 1. The maximum atomic E-state index is 12.9. The molecule has 2 saturated heterocycles. The van der Waals surface area contributed by atoms with Crippen LogP contribution in [-0.4, -0.2) is 86.6 Å².